The van der Waals surface area contributed by atoms with Crippen LogP contribution in [-0.2, 0) is 12.0 Å². The quantitative estimate of drug-likeness (QED) is 0.745. The van der Waals surface area contributed by atoms with Gasteiger partial charge in [0.05, 0.1) is 10.4 Å². The van der Waals surface area contributed by atoms with Gasteiger partial charge >= 0.3 is 0 Å². The zero-order chi connectivity index (χ0) is 15.3. The second-order valence-electron chi connectivity index (χ2n) is 7.65. The van der Waals surface area contributed by atoms with E-state index in [0.29, 0.717) is 16.3 Å². The van der Waals surface area contributed by atoms with Gasteiger partial charge in [-0.1, -0.05) is 11.6 Å². The van der Waals surface area contributed by atoms with Gasteiger partial charge in [-0.25, -0.2) is 4.98 Å². The number of nitrogens with one attached hydrogen (secondary N) is 2. The lowest BCUT2D eigenvalue weighted by Gasteiger charge is -2.02. The lowest BCUT2D eigenvalue weighted by atomic mass is 10.0. The molecule has 0 radical (unpaired) electrons. The number of piperidine rings is 1. The van der Waals surface area contributed by atoms with Gasteiger partial charge in [0, 0.05) is 29.8 Å². The number of hydrogen-bond acceptors (Lipinski definition) is 3. The molecule has 4 atom stereocenters. The summed E-state index contributed by atoms with van der Waals surface area (Å²) in [4.78, 5) is 4.20. The molecule has 2 aromatic heterocycles. The van der Waals surface area contributed by atoms with Crippen molar-refractivity contribution < 1.29 is 4.68 Å². The average molecular weight is 329 g/mol. The Morgan fingerprint density at radius 3 is 2.91 bits per heavy atom. The van der Waals surface area contributed by atoms with Gasteiger partial charge in [0.25, 0.3) is 0 Å². The highest BCUT2D eigenvalue weighted by Crippen LogP contribution is 2.82. The molecule has 118 valence electrons. The molecular weight excluding hydrogens is 310 g/mol. The predicted molar refractivity (Wildman–Crippen MR) is 86.8 cm³/mol. The van der Waals surface area contributed by atoms with Gasteiger partial charge in [-0.05, 0) is 37.3 Å². The molecule has 4 heterocycles. The van der Waals surface area contributed by atoms with Crippen molar-refractivity contribution in [3.8, 4) is 11.3 Å². The number of aromatic nitrogens is 3. The summed E-state index contributed by atoms with van der Waals surface area (Å²) in [6, 6.07) is 4.95. The molecule has 6 heteroatoms. The van der Waals surface area contributed by atoms with Gasteiger partial charge in [0.1, 0.15) is 11.5 Å². The summed E-state index contributed by atoms with van der Waals surface area (Å²) in [5.41, 5.74) is 9.76. The molecule has 2 aliphatic heterocycles. The van der Waals surface area contributed by atoms with Crippen LogP contribution in [0.15, 0.2) is 18.3 Å². The van der Waals surface area contributed by atoms with Crippen LogP contribution in [0.3, 0.4) is 0 Å². The van der Waals surface area contributed by atoms with Crippen molar-refractivity contribution >= 4 is 17.4 Å². The van der Waals surface area contributed by atoms with Crippen LogP contribution in [0.5, 0.6) is 0 Å². The van der Waals surface area contributed by atoms with Crippen LogP contribution < -0.4 is 15.7 Å². The second-order valence-corrected chi connectivity index (χ2v) is 8.06. The summed E-state index contributed by atoms with van der Waals surface area (Å²) in [7, 11) is 0. The number of nitrogen functional groups attached to an aromatic ring is 1. The van der Waals surface area contributed by atoms with E-state index in [1.165, 1.54) is 25.1 Å². The number of nitrogens with two attached hydrogens (primary N) is 1. The Morgan fingerprint density at radius 2 is 2.26 bits per heavy atom. The van der Waals surface area contributed by atoms with Crippen LogP contribution in [0, 0.1) is 17.8 Å². The van der Waals surface area contributed by atoms with Crippen LogP contribution >= 0.6 is 11.6 Å². The van der Waals surface area contributed by atoms with Crippen molar-refractivity contribution in [3.63, 3.8) is 0 Å². The van der Waals surface area contributed by atoms with E-state index in [1.807, 2.05) is 6.07 Å². The molecule has 0 amide bonds. The summed E-state index contributed by atoms with van der Waals surface area (Å²) in [5.74, 6) is 2.97. The normalized spacial score (nSPS) is 36.1. The Morgan fingerprint density at radius 1 is 1.39 bits per heavy atom. The van der Waals surface area contributed by atoms with Crippen molar-refractivity contribution in [2.75, 3.05) is 12.3 Å². The van der Waals surface area contributed by atoms with E-state index in [-0.39, 0.29) is 0 Å². The Bertz CT molecular complexity index is 818. The molecule has 2 bridgehead atoms. The SMILES string of the molecule is Nc1ncc(-c2cc(C34C5CNC3C54)[n+](CC3CC3)[nH]2)cc1Cl. The summed E-state index contributed by atoms with van der Waals surface area (Å²) in [6.07, 6.45) is 4.52. The molecule has 5 nitrogen and oxygen atoms in total. The molecule has 5 fully saturated rings. The molecule has 2 saturated heterocycles. The maximum atomic E-state index is 6.15. The first-order valence-electron chi connectivity index (χ1n) is 8.47. The van der Waals surface area contributed by atoms with Crippen LogP contribution in [0.4, 0.5) is 5.82 Å². The molecule has 3 aliphatic carbocycles. The van der Waals surface area contributed by atoms with Gasteiger partial charge in [0.2, 0.25) is 5.69 Å². The highest BCUT2D eigenvalue weighted by molar-refractivity contribution is 6.33. The fraction of sp³-hybridized carbons (Fsp3) is 0.529. The number of hydrogen-bond donors (Lipinski definition) is 3. The number of anilines is 1. The first-order chi connectivity index (χ1) is 11.2. The average Bonchev–Trinajstić information content (AvgIpc) is 3.45. The molecule has 2 aromatic rings. The standard InChI is InChI=1S/C17H18ClN5/c18-11-3-9(5-21-16(11)19)12-4-13(23(22-12)7-8-1-2-8)17-10-6-20-15(17)14(10)17/h3-5,8,10,14-15,20H,1-2,6-7H2,(H2,19,21,22)/p+1. The molecular formula is C17H19ClN5+. The monoisotopic (exact) mass is 328 g/mol. The molecule has 5 aliphatic rings. The number of fused-ring (bicyclic) bond motifs is 1. The number of pyridine rings is 1. The first kappa shape index (κ1) is 12.8. The van der Waals surface area contributed by atoms with Crippen molar-refractivity contribution in [1.29, 1.82) is 0 Å². The molecule has 4 N–H and O–H groups in total. The number of aromatic amines is 1. The van der Waals surface area contributed by atoms with Gasteiger partial charge in [-0.2, -0.15) is 5.10 Å². The third-order valence-corrected chi connectivity index (χ3v) is 6.70. The van der Waals surface area contributed by atoms with E-state index >= 15 is 0 Å². The fourth-order valence-corrected chi connectivity index (χ4v) is 5.08. The van der Waals surface area contributed by atoms with Crippen molar-refractivity contribution in [2.24, 2.45) is 17.8 Å². The second kappa shape index (κ2) is 3.90. The Kier molecular flexibility index (Phi) is 2.17. The molecule has 7 rings (SSSR count). The highest BCUT2D eigenvalue weighted by Gasteiger charge is 2.94. The maximum absolute atomic E-state index is 6.15. The first-order valence-corrected chi connectivity index (χ1v) is 8.85. The fourth-order valence-electron chi connectivity index (χ4n) is 4.91. The Hall–Kier alpha value is -1.59. The van der Waals surface area contributed by atoms with Crippen LogP contribution in [0.2, 0.25) is 5.02 Å². The van der Waals surface area contributed by atoms with E-state index in [0.717, 1.165) is 41.6 Å². The molecule has 0 spiro atoms. The molecule has 4 unspecified atom stereocenters. The Labute approximate surface area is 139 Å². The predicted octanol–water partition coefficient (Wildman–Crippen LogP) is 1.48. The summed E-state index contributed by atoms with van der Waals surface area (Å²) in [6.45, 7) is 2.30. The summed E-state index contributed by atoms with van der Waals surface area (Å²) >= 11 is 6.15. The van der Waals surface area contributed by atoms with E-state index in [9.17, 15) is 0 Å². The third-order valence-electron chi connectivity index (χ3n) is 6.40. The summed E-state index contributed by atoms with van der Waals surface area (Å²) < 4.78 is 2.40. The van der Waals surface area contributed by atoms with Gasteiger partial charge in [-0.3, -0.25) is 0 Å². The molecule has 0 aromatic carbocycles. The zero-order valence-electron chi connectivity index (χ0n) is 12.7. The van der Waals surface area contributed by atoms with Gasteiger partial charge in [-0.15, -0.1) is 4.68 Å². The van der Waals surface area contributed by atoms with Crippen molar-refractivity contribution in [2.45, 2.75) is 30.8 Å². The number of halogens is 1. The molecule has 23 heavy (non-hydrogen) atoms. The minimum absolute atomic E-state index is 0.387. The van der Waals surface area contributed by atoms with E-state index < -0.39 is 0 Å². The van der Waals surface area contributed by atoms with E-state index in [2.05, 4.69) is 26.1 Å². The third kappa shape index (κ3) is 1.52. The lowest BCUT2D eigenvalue weighted by molar-refractivity contribution is -0.759. The van der Waals surface area contributed by atoms with Gasteiger partial charge in [0.15, 0.2) is 6.54 Å². The van der Waals surface area contributed by atoms with Crippen molar-refractivity contribution in [3.05, 3.63) is 29.0 Å². The van der Waals surface area contributed by atoms with Crippen LogP contribution in [0.25, 0.3) is 11.3 Å². The number of H-pyrrole nitrogens is 1. The van der Waals surface area contributed by atoms with Crippen LogP contribution in [0.1, 0.15) is 18.5 Å². The number of nitrogens with zero attached hydrogens (tertiary/aromatic N) is 2. The van der Waals surface area contributed by atoms with E-state index in [1.54, 1.807) is 6.20 Å². The van der Waals surface area contributed by atoms with Crippen LogP contribution in [-0.4, -0.2) is 22.7 Å². The minimum atomic E-state index is 0.387. The number of rotatable bonds is 4. The zero-order valence-corrected chi connectivity index (χ0v) is 13.5. The Balaban J connectivity index is 1.44. The largest absolute Gasteiger partial charge is 0.382 e. The minimum Gasteiger partial charge on any atom is -0.382 e. The van der Waals surface area contributed by atoms with Gasteiger partial charge < -0.3 is 11.1 Å². The molecule has 3 saturated carbocycles. The smallest absolute Gasteiger partial charge is 0.216 e. The lowest BCUT2D eigenvalue weighted by Crippen LogP contribution is -2.43. The highest BCUT2D eigenvalue weighted by atomic mass is 35.5. The maximum Gasteiger partial charge on any atom is 0.216 e. The summed E-state index contributed by atoms with van der Waals surface area (Å²) in [5, 5.41) is 7.78. The van der Waals surface area contributed by atoms with E-state index in [4.69, 9.17) is 17.3 Å². The van der Waals surface area contributed by atoms with Crippen molar-refractivity contribution in [1.82, 2.24) is 15.4 Å². The topological polar surface area (TPSA) is 70.6 Å².